The number of nitrogens with zero attached hydrogens (tertiary/aromatic N) is 3. The first-order valence-corrected chi connectivity index (χ1v) is 5.33. The van der Waals surface area contributed by atoms with Crippen LogP contribution in [0.2, 0.25) is 5.02 Å². The molecule has 0 saturated carbocycles. The first kappa shape index (κ1) is 13.0. The van der Waals surface area contributed by atoms with E-state index in [-0.39, 0.29) is 0 Å². The molecule has 16 heavy (non-hydrogen) atoms. The summed E-state index contributed by atoms with van der Waals surface area (Å²) in [6, 6.07) is -0.550. The molecule has 0 radical (unpaired) electrons. The molecule has 0 spiro atoms. The van der Waals surface area contributed by atoms with Gasteiger partial charge in [0, 0.05) is 13.6 Å². The minimum Gasteiger partial charge on any atom is -0.480 e. The third-order valence-electron chi connectivity index (χ3n) is 2.68. The average Bonchev–Trinajstić information content (AvgIpc) is 2.43. The highest BCUT2D eigenvalue weighted by Crippen LogP contribution is 2.21. The molecule has 0 aliphatic rings. The van der Waals surface area contributed by atoms with Gasteiger partial charge in [-0.25, -0.2) is 0 Å². The van der Waals surface area contributed by atoms with Gasteiger partial charge in [-0.15, -0.1) is 0 Å². The molecule has 90 valence electrons. The first-order chi connectivity index (χ1) is 7.34. The second kappa shape index (κ2) is 4.84. The Hall–Kier alpha value is -1.07. The van der Waals surface area contributed by atoms with Gasteiger partial charge in [0.05, 0.1) is 16.4 Å². The second-order valence-corrected chi connectivity index (χ2v) is 4.28. The second-order valence-electron chi connectivity index (χ2n) is 3.90. The fraction of sp³-hybridized carbons (Fsp3) is 0.600. The van der Waals surface area contributed by atoms with Crippen LogP contribution in [0, 0.1) is 6.92 Å². The van der Waals surface area contributed by atoms with Crippen LogP contribution in [-0.4, -0.2) is 38.8 Å². The molecule has 5 nitrogen and oxygen atoms in total. The van der Waals surface area contributed by atoms with E-state index in [4.69, 9.17) is 16.7 Å². The molecule has 1 N–H and O–H groups in total. The summed E-state index contributed by atoms with van der Waals surface area (Å²) in [5, 5.41) is 13.7. The Balaban J connectivity index is 2.84. The van der Waals surface area contributed by atoms with E-state index in [9.17, 15) is 4.79 Å². The molecule has 0 fully saturated rings. The molecule has 0 saturated heterocycles. The summed E-state index contributed by atoms with van der Waals surface area (Å²) in [4.78, 5) is 12.5. The molecule has 1 heterocycles. The summed E-state index contributed by atoms with van der Waals surface area (Å²) < 4.78 is 1.68. The number of halogens is 1. The van der Waals surface area contributed by atoms with Crippen molar-refractivity contribution in [3.63, 3.8) is 0 Å². The number of carboxylic acid groups (broad SMARTS) is 1. The Bertz CT molecular complexity index is 403. The Morgan fingerprint density at radius 3 is 2.62 bits per heavy atom. The molecule has 1 atom stereocenters. The van der Waals surface area contributed by atoms with E-state index >= 15 is 0 Å². The van der Waals surface area contributed by atoms with Gasteiger partial charge in [0.2, 0.25) is 0 Å². The van der Waals surface area contributed by atoms with Gasteiger partial charge in [0.25, 0.3) is 0 Å². The Morgan fingerprint density at radius 2 is 2.25 bits per heavy atom. The van der Waals surface area contributed by atoms with Crippen LogP contribution in [-0.2, 0) is 18.4 Å². The number of carbonyl (C=O) groups is 1. The van der Waals surface area contributed by atoms with Crippen molar-refractivity contribution in [1.82, 2.24) is 14.7 Å². The lowest BCUT2D eigenvalue weighted by atomic mass is 10.2. The van der Waals surface area contributed by atoms with Crippen LogP contribution in [0.1, 0.15) is 18.3 Å². The van der Waals surface area contributed by atoms with Crippen molar-refractivity contribution < 1.29 is 9.90 Å². The Morgan fingerprint density at radius 1 is 1.69 bits per heavy atom. The van der Waals surface area contributed by atoms with Gasteiger partial charge in [0.1, 0.15) is 6.04 Å². The van der Waals surface area contributed by atoms with Crippen LogP contribution in [0.15, 0.2) is 0 Å². The van der Waals surface area contributed by atoms with Crippen LogP contribution < -0.4 is 0 Å². The number of aromatic nitrogens is 2. The van der Waals surface area contributed by atoms with Crippen LogP contribution >= 0.6 is 11.6 Å². The van der Waals surface area contributed by atoms with E-state index in [1.165, 1.54) is 0 Å². The summed E-state index contributed by atoms with van der Waals surface area (Å²) in [5.74, 6) is -0.850. The molecule has 1 aromatic rings. The fourth-order valence-electron chi connectivity index (χ4n) is 1.41. The SMILES string of the molecule is Cc1nn(C)c(CN(C)C(C)C(=O)O)c1Cl. The van der Waals surface area contributed by atoms with Gasteiger partial charge < -0.3 is 5.11 Å². The van der Waals surface area contributed by atoms with E-state index in [1.54, 1.807) is 30.6 Å². The monoisotopic (exact) mass is 245 g/mol. The maximum Gasteiger partial charge on any atom is 0.320 e. The topological polar surface area (TPSA) is 58.4 Å². The Labute approximate surface area is 99.6 Å². The number of aliphatic carboxylic acids is 1. The normalized spacial score (nSPS) is 13.1. The first-order valence-electron chi connectivity index (χ1n) is 4.95. The summed E-state index contributed by atoms with van der Waals surface area (Å²) in [5.41, 5.74) is 1.59. The zero-order valence-corrected chi connectivity index (χ0v) is 10.6. The zero-order chi connectivity index (χ0) is 12.5. The summed E-state index contributed by atoms with van der Waals surface area (Å²) in [6.45, 7) is 3.93. The number of carboxylic acids is 1. The van der Waals surface area contributed by atoms with E-state index < -0.39 is 12.0 Å². The average molecular weight is 246 g/mol. The maximum atomic E-state index is 10.8. The molecular formula is C10H16ClN3O2. The number of hydrogen-bond acceptors (Lipinski definition) is 3. The molecule has 1 aromatic heterocycles. The molecule has 0 aliphatic carbocycles. The summed E-state index contributed by atoms with van der Waals surface area (Å²) in [6.07, 6.45) is 0. The molecular weight excluding hydrogens is 230 g/mol. The van der Waals surface area contributed by atoms with Crippen molar-refractivity contribution >= 4 is 17.6 Å². The summed E-state index contributed by atoms with van der Waals surface area (Å²) >= 11 is 6.08. The zero-order valence-electron chi connectivity index (χ0n) is 9.86. The van der Waals surface area contributed by atoms with Crippen molar-refractivity contribution in [1.29, 1.82) is 0 Å². The molecule has 0 bridgehead atoms. The molecule has 1 unspecified atom stereocenters. The number of aryl methyl sites for hydroxylation is 2. The number of rotatable bonds is 4. The fourth-order valence-corrected chi connectivity index (χ4v) is 1.63. The van der Waals surface area contributed by atoms with Gasteiger partial charge in [-0.1, -0.05) is 11.6 Å². The lowest BCUT2D eigenvalue weighted by Gasteiger charge is -2.21. The minimum atomic E-state index is -0.850. The van der Waals surface area contributed by atoms with Crippen LogP contribution in [0.4, 0.5) is 0 Å². The quantitative estimate of drug-likeness (QED) is 0.869. The van der Waals surface area contributed by atoms with Gasteiger partial charge in [-0.05, 0) is 20.9 Å². The van der Waals surface area contributed by atoms with Crippen molar-refractivity contribution in [2.24, 2.45) is 7.05 Å². The van der Waals surface area contributed by atoms with Gasteiger partial charge in [0.15, 0.2) is 0 Å². The van der Waals surface area contributed by atoms with E-state index in [0.29, 0.717) is 11.6 Å². The third kappa shape index (κ3) is 2.54. The van der Waals surface area contributed by atoms with Crippen molar-refractivity contribution in [2.75, 3.05) is 7.05 Å². The molecule has 0 aromatic carbocycles. The van der Waals surface area contributed by atoms with Crippen molar-refractivity contribution in [2.45, 2.75) is 26.4 Å². The minimum absolute atomic E-state index is 0.462. The maximum absolute atomic E-state index is 10.8. The van der Waals surface area contributed by atoms with Gasteiger partial charge >= 0.3 is 5.97 Å². The highest BCUT2D eigenvalue weighted by molar-refractivity contribution is 6.31. The standard InChI is InChI=1S/C10H16ClN3O2/c1-6-9(11)8(14(4)12-6)5-13(3)7(2)10(15)16/h7H,5H2,1-4H3,(H,15,16). The smallest absolute Gasteiger partial charge is 0.320 e. The predicted octanol–water partition coefficient (Wildman–Crippen LogP) is 1.29. The lowest BCUT2D eigenvalue weighted by molar-refractivity contribution is -0.142. The van der Waals surface area contributed by atoms with E-state index in [2.05, 4.69) is 5.10 Å². The lowest BCUT2D eigenvalue weighted by Crippen LogP contribution is -2.35. The Kier molecular flexibility index (Phi) is 3.93. The van der Waals surface area contributed by atoms with Gasteiger partial charge in [-0.3, -0.25) is 14.4 Å². The molecule has 0 aliphatic heterocycles. The van der Waals surface area contributed by atoms with E-state index in [1.807, 2.05) is 6.92 Å². The number of hydrogen-bond donors (Lipinski definition) is 1. The molecule has 1 rings (SSSR count). The van der Waals surface area contributed by atoms with Crippen LogP contribution in [0.25, 0.3) is 0 Å². The largest absolute Gasteiger partial charge is 0.480 e. The van der Waals surface area contributed by atoms with Crippen LogP contribution in [0.3, 0.4) is 0 Å². The molecule has 6 heteroatoms. The van der Waals surface area contributed by atoms with Crippen molar-refractivity contribution in [3.05, 3.63) is 16.4 Å². The van der Waals surface area contributed by atoms with Crippen LogP contribution in [0.5, 0.6) is 0 Å². The van der Waals surface area contributed by atoms with Gasteiger partial charge in [-0.2, -0.15) is 5.10 Å². The third-order valence-corrected chi connectivity index (χ3v) is 3.17. The van der Waals surface area contributed by atoms with E-state index in [0.717, 1.165) is 11.4 Å². The molecule has 0 amide bonds. The highest BCUT2D eigenvalue weighted by Gasteiger charge is 2.20. The highest BCUT2D eigenvalue weighted by atomic mass is 35.5. The summed E-state index contributed by atoms with van der Waals surface area (Å²) in [7, 11) is 3.55. The number of likely N-dealkylation sites (N-methyl/N-ethyl adjacent to an activating group) is 1. The van der Waals surface area contributed by atoms with Crippen molar-refractivity contribution in [3.8, 4) is 0 Å². The predicted molar refractivity (Wildman–Crippen MR) is 61.5 cm³/mol.